The molecule has 0 fully saturated rings. The molecule has 1 aliphatic carbocycles. The van der Waals surface area contributed by atoms with E-state index >= 15 is 0 Å². The number of fused-ring (bicyclic) bond motifs is 1. The average molecular weight is 521 g/mol. The molecule has 194 valence electrons. The lowest BCUT2D eigenvalue weighted by Crippen LogP contribution is -2.32. The van der Waals surface area contributed by atoms with Crippen LogP contribution in [0, 0.1) is 6.57 Å². The maximum Gasteiger partial charge on any atom is 0.283 e. The second-order valence-corrected chi connectivity index (χ2v) is 11.5. The van der Waals surface area contributed by atoms with Crippen LogP contribution in [0.15, 0.2) is 41.6 Å². The highest BCUT2D eigenvalue weighted by molar-refractivity contribution is 7.90. The molecule has 1 aliphatic rings. The minimum absolute atomic E-state index is 0.0489. The second-order valence-electron chi connectivity index (χ2n) is 9.89. The fraction of sp³-hybridized carbons (Fsp3) is 0.407. The van der Waals surface area contributed by atoms with E-state index in [-0.39, 0.29) is 29.3 Å². The molecule has 0 saturated carbocycles. The molecule has 9 nitrogen and oxygen atoms in total. The van der Waals surface area contributed by atoms with Crippen molar-refractivity contribution in [1.82, 2.24) is 24.4 Å². The van der Waals surface area contributed by atoms with Gasteiger partial charge in [0.25, 0.3) is 15.8 Å². The Balaban J connectivity index is 1.66. The fourth-order valence-electron chi connectivity index (χ4n) is 4.77. The highest BCUT2D eigenvalue weighted by Gasteiger charge is 2.28. The third kappa shape index (κ3) is 5.43. The fourth-order valence-corrected chi connectivity index (χ4v) is 5.72. The quantitative estimate of drug-likeness (QED) is 0.446. The van der Waals surface area contributed by atoms with Crippen molar-refractivity contribution < 1.29 is 13.2 Å². The number of hydrogen-bond donors (Lipinski definition) is 1. The predicted octanol–water partition coefficient (Wildman–Crippen LogP) is 4.24. The van der Waals surface area contributed by atoms with Crippen LogP contribution < -0.4 is 4.72 Å². The van der Waals surface area contributed by atoms with Gasteiger partial charge in [0.1, 0.15) is 6.20 Å². The number of rotatable bonds is 8. The molecule has 1 amide bonds. The van der Waals surface area contributed by atoms with Crippen LogP contribution in [-0.4, -0.2) is 48.1 Å². The van der Waals surface area contributed by atoms with Gasteiger partial charge in [0.15, 0.2) is 5.03 Å². The summed E-state index contributed by atoms with van der Waals surface area (Å²) in [5, 5.41) is 4.17. The molecule has 0 spiro atoms. The highest BCUT2D eigenvalue weighted by Crippen LogP contribution is 2.35. The van der Waals surface area contributed by atoms with Crippen LogP contribution >= 0.6 is 0 Å². The van der Waals surface area contributed by atoms with Crippen molar-refractivity contribution in [2.24, 2.45) is 0 Å². The number of carbonyl (C=O) groups excluding carboxylic acids is 1. The summed E-state index contributed by atoms with van der Waals surface area (Å²) in [4.78, 5) is 22.6. The normalized spacial score (nSPS) is 14.0. The van der Waals surface area contributed by atoms with Gasteiger partial charge in [0.2, 0.25) is 5.91 Å². The molecule has 1 unspecified atom stereocenters. The first-order valence-corrected chi connectivity index (χ1v) is 13.8. The Morgan fingerprint density at radius 2 is 1.95 bits per heavy atom. The number of carbonyl (C=O) groups is 1. The molecule has 0 radical (unpaired) electrons. The Bertz CT molecular complexity index is 1480. The van der Waals surface area contributed by atoms with Crippen molar-refractivity contribution in [1.29, 1.82) is 0 Å². The minimum Gasteiger partial charge on any atom is -0.361 e. The van der Waals surface area contributed by atoms with E-state index in [1.54, 1.807) is 23.0 Å². The maximum atomic E-state index is 13.2. The topological polar surface area (TPSA) is 102 Å². The smallest absolute Gasteiger partial charge is 0.283 e. The third-order valence-electron chi connectivity index (χ3n) is 6.87. The Morgan fingerprint density at radius 1 is 1.19 bits per heavy atom. The monoisotopic (exact) mass is 520 g/mol. The molecular formula is C27H32N6O3S. The summed E-state index contributed by atoms with van der Waals surface area (Å²) in [5.74, 6) is -0.359. The predicted molar refractivity (Wildman–Crippen MR) is 142 cm³/mol. The van der Waals surface area contributed by atoms with Crippen molar-refractivity contribution in [3.63, 3.8) is 0 Å². The lowest BCUT2D eigenvalue weighted by molar-refractivity contribution is -0.118. The molecule has 37 heavy (non-hydrogen) atoms. The van der Waals surface area contributed by atoms with Crippen molar-refractivity contribution in [2.75, 3.05) is 14.1 Å². The van der Waals surface area contributed by atoms with Crippen LogP contribution in [0.2, 0.25) is 0 Å². The number of aromatic nitrogens is 3. The van der Waals surface area contributed by atoms with Gasteiger partial charge in [-0.15, -0.1) is 4.98 Å². The number of nitrogens with one attached hydrogen (secondary N) is 1. The zero-order chi connectivity index (χ0) is 26.9. The van der Waals surface area contributed by atoms with Crippen LogP contribution in [0.4, 0.5) is 5.82 Å². The molecule has 0 bridgehead atoms. The first-order chi connectivity index (χ1) is 17.5. The van der Waals surface area contributed by atoms with Crippen LogP contribution in [0.3, 0.4) is 0 Å². The maximum absolute atomic E-state index is 13.2. The Labute approximate surface area is 218 Å². The summed E-state index contributed by atoms with van der Waals surface area (Å²) in [6, 6.07) is 8.92. The van der Waals surface area contributed by atoms with Crippen LogP contribution in [0.1, 0.15) is 61.7 Å². The lowest BCUT2D eigenvalue weighted by Gasteiger charge is -2.22. The summed E-state index contributed by atoms with van der Waals surface area (Å²) in [7, 11) is -0.347. The minimum atomic E-state index is -4.18. The van der Waals surface area contributed by atoms with Crippen molar-refractivity contribution in [3.05, 3.63) is 70.3 Å². The number of amides is 1. The van der Waals surface area contributed by atoms with E-state index in [1.807, 2.05) is 45.8 Å². The van der Waals surface area contributed by atoms with Crippen molar-refractivity contribution in [2.45, 2.75) is 63.6 Å². The second kappa shape index (κ2) is 10.4. The number of aryl methyl sites for hydroxylation is 1. The van der Waals surface area contributed by atoms with Gasteiger partial charge < -0.3 is 9.74 Å². The van der Waals surface area contributed by atoms with E-state index in [0.29, 0.717) is 0 Å². The van der Waals surface area contributed by atoms with Crippen LogP contribution in [0.25, 0.3) is 16.0 Å². The van der Waals surface area contributed by atoms with E-state index in [1.165, 1.54) is 11.6 Å². The zero-order valence-electron chi connectivity index (χ0n) is 21.8. The average Bonchev–Trinajstić information content (AvgIpc) is 3.51. The van der Waals surface area contributed by atoms with Crippen molar-refractivity contribution in [3.8, 4) is 11.1 Å². The molecule has 0 saturated heterocycles. The van der Waals surface area contributed by atoms with Gasteiger partial charge in [0, 0.05) is 18.2 Å². The Hall–Kier alpha value is -3.55. The largest absolute Gasteiger partial charge is 0.361 e. The standard InChI is InChI=1S/C27H32N6O3S/c1-17(2)33-24(18(3)32(5)6)16-27(30-33)37(35,36)31-26(34)15-23-21-9-7-8-19(21)10-11-22(23)20-12-13-29-25(14-20)28-4/h10-14,16-18H,7-9,15H2,1-3,5-6H3,(H,31,34). The third-order valence-corrected chi connectivity index (χ3v) is 8.11. The number of benzene rings is 1. The molecule has 1 N–H and O–H groups in total. The van der Waals surface area contributed by atoms with Gasteiger partial charge in [-0.1, -0.05) is 18.7 Å². The van der Waals surface area contributed by atoms with Crippen LogP contribution in [-0.2, 0) is 34.1 Å². The van der Waals surface area contributed by atoms with Gasteiger partial charge in [-0.25, -0.2) is 4.72 Å². The van der Waals surface area contributed by atoms with Gasteiger partial charge >= 0.3 is 0 Å². The van der Waals surface area contributed by atoms with E-state index < -0.39 is 15.9 Å². The summed E-state index contributed by atoms with van der Waals surface area (Å²) >= 11 is 0. The molecule has 0 aliphatic heterocycles. The molecule has 4 rings (SSSR count). The zero-order valence-corrected chi connectivity index (χ0v) is 22.6. The summed E-state index contributed by atoms with van der Waals surface area (Å²) in [5.41, 5.74) is 5.39. The number of hydrogen-bond acceptors (Lipinski definition) is 6. The molecule has 3 aromatic rings. The first kappa shape index (κ1) is 26.5. The first-order valence-electron chi connectivity index (χ1n) is 12.3. The summed E-state index contributed by atoms with van der Waals surface area (Å²) in [6.07, 6.45) is 4.20. The number of pyridine rings is 1. The van der Waals surface area contributed by atoms with Crippen LogP contribution in [0.5, 0.6) is 0 Å². The summed E-state index contributed by atoms with van der Waals surface area (Å²) in [6.45, 7) is 13.1. The molecule has 10 heteroatoms. The number of nitrogens with zero attached hydrogens (tertiary/aromatic N) is 5. The molecule has 2 aromatic heterocycles. The number of sulfonamides is 1. The van der Waals surface area contributed by atoms with E-state index in [0.717, 1.165) is 47.2 Å². The molecule has 2 heterocycles. The van der Waals surface area contributed by atoms with E-state index in [2.05, 4.69) is 25.7 Å². The SMILES string of the molecule is [C-]#[N+]c1cc(-c2ccc3c(c2CC(=O)NS(=O)(=O)c2cc(C(C)N(C)C)n(C(C)C)n2)CCC3)ccn1. The van der Waals surface area contributed by atoms with Crippen molar-refractivity contribution >= 4 is 21.7 Å². The van der Waals surface area contributed by atoms with Gasteiger partial charge in [-0.3, -0.25) is 9.48 Å². The lowest BCUT2D eigenvalue weighted by atomic mass is 9.91. The van der Waals surface area contributed by atoms with E-state index in [9.17, 15) is 13.2 Å². The molecular weight excluding hydrogens is 488 g/mol. The van der Waals surface area contributed by atoms with Gasteiger partial charge in [0.05, 0.1) is 12.1 Å². The Morgan fingerprint density at radius 3 is 2.62 bits per heavy atom. The highest BCUT2D eigenvalue weighted by atomic mass is 32.2. The summed E-state index contributed by atoms with van der Waals surface area (Å²) < 4.78 is 30.4. The van der Waals surface area contributed by atoms with Gasteiger partial charge in [-0.05, 0) is 94.1 Å². The Kier molecular flexibility index (Phi) is 7.48. The molecule has 1 aromatic carbocycles. The molecule has 1 atom stereocenters. The van der Waals surface area contributed by atoms with E-state index in [4.69, 9.17) is 6.57 Å². The van der Waals surface area contributed by atoms with Gasteiger partial charge in [-0.2, -0.15) is 13.5 Å².